The van der Waals surface area contributed by atoms with Gasteiger partial charge in [-0.25, -0.2) is 0 Å². The Bertz CT molecular complexity index is 208. The highest BCUT2D eigenvalue weighted by Crippen LogP contribution is 2.18. The summed E-state index contributed by atoms with van der Waals surface area (Å²) >= 11 is 0. The van der Waals surface area contributed by atoms with Gasteiger partial charge in [-0.3, -0.25) is 5.01 Å². The number of hydrazone groups is 1. The molecule has 0 spiro atoms. The van der Waals surface area contributed by atoms with Crippen LogP contribution in [0.5, 0.6) is 0 Å². The van der Waals surface area contributed by atoms with Crippen LogP contribution in [0.15, 0.2) is 5.10 Å². The van der Waals surface area contributed by atoms with Crippen LogP contribution in [0.3, 0.4) is 0 Å². The molecule has 0 N–H and O–H groups in total. The lowest BCUT2D eigenvalue weighted by Crippen LogP contribution is -2.29. The van der Waals surface area contributed by atoms with E-state index in [9.17, 15) is 0 Å². The molecule has 3 heteroatoms. The summed E-state index contributed by atoms with van der Waals surface area (Å²) < 4.78 is 5.25. The second kappa shape index (κ2) is 7.66. The van der Waals surface area contributed by atoms with Gasteiger partial charge in [0.05, 0.1) is 12.6 Å². The van der Waals surface area contributed by atoms with Crippen molar-refractivity contribution in [1.82, 2.24) is 5.01 Å². The van der Waals surface area contributed by atoms with Gasteiger partial charge in [0.15, 0.2) is 0 Å². The number of ether oxygens (including phenoxy) is 1. The first-order chi connectivity index (χ1) is 7.81. The van der Waals surface area contributed by atoms with Gasteiger partial charge in [-0.2, -0.15) is 5.10 Å². The fourth-order valence-electron chi connectivity index (χ4n) is 2.30. The third kappa shape index (κ3) is 4.12. The molecule has 0 amide bonds. The van der Waals surface area contributed by atoms with Gasteiger partial charge >= 0.3 is 0 Å². The van der Waals surface area contributed by atoms with Crippen molar-refractivity contribution in [3.05, 3.63) is 0 Å². The van der Waals surface area contributed by atoms with E-state index in [1.807, 2.05) is 0 Å². The lowest BCUT2D eigenvalue weighted by Gasteiger charge is -2.22. The van der Waals surface area contributed by atoms with Crippen LogP contribution in [0.2, 0.25) is 0 Å². The fourth-order valence-corrected chi connectivity index (χ4v) is 2.30. The Labute approximate surface area is 99.9 Å². The molecule has 1 aliphatic heterocycles. The Balaban J connectivity index is 2.55. The number of methoxy groups -OCH3 is 1. The Hall–Kier alpha value is -0.570. The van der Waals surface area contributed by atoms with Crippen molar-refractivity contribution < 1.29 is 4.74 Å². The molecule has 1 atom stereocenters. The minimum absolute atomic E-state index is 0.508. The largest absolute Gasteiger partial charge is 0.382 e. The minimum Gasteiger partial charge on any atom is -0.382 e. The van der Waals surface area contributed by atoms with E-state index in [0.717, 1.165) is 26.0 Å². The number of nitrogens with zero attached hydrogens (tertiary/aromatic N) is 2. The molecule has 0 saturated carbocycles. The molecule has 0 aromatic carbocycles. The van der Waals surface area contributed by atoms with Crippen LogP contribution in [-0.4, -0.2) is 37.0 Å². The molecule has 0 radical (unpaired) electrons. The van der Waals surface area contributed by atoms with Crippen LogP contribution in [0.1, 0.15) is 52.4 Å². The second-order valence-electron chi connectivity index (χ2n) is 4.58. The van der Waals surface area contributed by atoms with Crippen LogP contribution in [-0.2, 0) is 4.74 Å². The fraction of sp³-hybridized carbons (Fsp3) is 0.923. The summed E-state index contributed by atoms with van der Waals surface area (Å²) in [5.41, 5.74) is 1.37. The van der Waals surface area contributed by atoms with Gasteiger partial charge in [0.2, 0.25) is 0 Å². The molecule has 0 aromatic rings. The van der Waals surface area contributed by atoms with E-state index in [1.54, 1.807) is 7.11 Å². The third-order valence-corrected chi connectivity index (χ3v) is 3.05. The Morgan fingerprint density at radius 2 is 2.00 bits per heavy atom. The highest BCUT2D eigenvalue weighted by Gasteiger charge is 2.23. The molecule has 0 unspecified atom stereocenters. The second-order valence-corrected chi connectivity index (χ2v) is 4.58. The monoisotopic (exact) mass is 226 g/mol. The molecule has 3 nitrogen and oxygen atoms in total. The quantitative estimate of drug-likeness (QED) is 0.623. The van der Waals surface area contributed by atoms with Crippen LogP contribution in [0.25, 0.3) is 0 Å². The Morgan fingerprint density at radius 1 is 1.31 bits per heavy atom. The van der Waals surface area contributed by atoms with Crippen molar-refractivity contribution in [3.63, 3.8) is 0 Å². The van der Waals surface area contributed by atoms with Crippen molar-refractivity contribution in [2.45, 2.75) is 58.4 Å². The summed E-state index contributed by atoms with van der Waals surface area (Å²) in [6.45, 7) is 6.36. The summed E-state index contributed by atoms with van der Waals surface area (Å²) in [6, 6.07) is 0.508. The van der Waals surface area contributed by atoms with Crippen molar-refractivity contribution in [1.29, 1.82) is 0 Å². The zero-order chi connectivity index (χ0) is 11.8. The Kier molecular flexibility index (Phi) is 6.46. The molecule has 1 aliphatic rings. The SMILES string of the molecule is CCCC(CCC)=NN1CCC[C@H]1COC. The molecule has 1 heterocycles. The van der Waals surface area contributed by atoms with Gasteiger partial charge in [-0.15, -0.1) is 0 Å². The van der Waals surface area contributed by atoms with Gasteiger partial charge in [0.25, 0.3) is 0 Å². The summed E-state index contributed by atoms with van der Waals surface area (Å²) in [4.78, 5) is 0. The lowest BCUT2D eigenvalue weighted by molar-refractivity contribution is 0.117. The smallest absolute Gasteiger partial charge is 0.0704 e. The van der Waals surface area contributed by atoms with Crippen molar-refractivity contribution in [3.8, 4) is 0 Å². The average molecular weight is 226 g/mol. The molecule has 94 valence electrons. The molecule has 1 rings (SSSR count). The zero-order valence-corrected chi connectivity index (χ0v) is 11.0. The maximum atomic E-state index is 5.25. The van der Waals surface area contributed by atoms with Crippen LogP contribution in [0, 0.1) is 0 Å². The summed E-state index contributed by atoms with van der Waals surface area (Å²) in [5, 5.41) is 7.08. The first kappa shape index (κ1) is 13.5. The topological polar surface area (TPSA) is 24.8 Å². The molecule has 0 bridgehead atoms. The maximum absolute atomic E-state index is 5.25. The first-order valence-corrected chi connectivity index (χ1v) is 6.63. The highest BCUT2D eigenvalue weighted by molar-refractivity contribution is 5.84. The van der Waals surface area contributed by atoms with Crippen molar-refractivity contribution in [2.75, 3.05) is 20.3 Å². The minimum atomic E-state index is 0.508. The standard InChI is InChI=1S/C13H26N2O/c1-4-7-12(8-5-2)14-15-10-6-9-13(15)11-16-3/h13H,4-11H2,1-3H3/t13-/m0/s1. The number of rotatable bonds is 7. The van der Waals surface area contributed by atoms with E-state index < -0.39 is 0 Å². The van der Waals surface area contributed by atoms with Gasteiger partial charge in [-0.05, 0) is 25.7 Å². The van der Waals surface area contributed by atoms with Crippen LogP contribution < -0.4 is 0 Å². The predicted octanol–water partition coefficient (Wildman–Crippen LogP) is 3.05. The number of hydrogen-bond donors (Lipinski definition) is 0. The molecule has 0 aliphatic carbocycles. The Morgan fingerprint density at radius 3 is 2.56 bits per heavy atom. The molecule has 16 heavy (non-hydrogen) atoms. The zero-order valence-electron chi connectivity index (χ0n) is 11.0. The maximum Gasteiger partial charge on any atom is 0.0704 e. The normalized spacial score (nSPS) is 20.2. The number of hydrogen-bond acceptors (Lipinski definition) is 3. The van der Waals surface area contributed by atoms with Gasteiger partial charge < -0.3 is 4.74 Å². The summed E-state index contributed by atoms with van der Waals surface area (Å²) in [5.74, 6) is 0. The van der Waals surface area contributed by atoms with E-state index in [-0.39, 0.29) is 0 Å². The molecule has 1 saturated heterocycles. The van der Waals surface area contributed by atoms with Gasteiger partial charge in [0.1, 0.15) is 0 Å². The van der Waals surface area contributed by atoms with E-state index in [1.165, 1.54) is 31.4 Å². The van der Waals surface area contributed by atoms with E-state index in [0.29, 0.717) is 6.04 Å². The summed E-state index contributed by atoms with van der Waals surface area (Å²) in [7, 11) is 1.78. The van der Waals surface area contributed by atoms with E-state index >= 15 is 0 Å². The van der Waals surface area contributed by atoms with E-state index in [4.69, 9.17) is 9.84 Å². The average Bonchev–Trinajstić information content (AvgIpc) is 2.67. The summed E-state index contributed by atoms with van der Waals surface area (Å²) in [6.07, 6.45) is 7.16. The lowest BCUT2D eigenvalue weighted by atomic mass is 10.1. The van der Waals surface area contributed by atoms with Crippen LogP contribution in [0.4, 0.5) is 0 Å². The van der Waals surface area contributed by atoms with Crippen molar-refractivity contribution in [2.24, 2.45) is 5.10 Å². The predicted molar refractivity (Wildman–Crippen MR) is 68.9 cm³/mol. The molecule has 1 fully saturated rings. The molecular weight excluding hydrogens is 200 g/mol. The van der Waals surface area contributed by atoms with E-state index in [2.05, 4.69) is 18.9 Å². The molecule has 0 aromatic heterocycles. The highest BCUT2D eigenvalue weighted by atomic mass is 16.5. The third-order valence-electron chi connectivity index (χ3n) is 3.05. The molecular formula is C13H26N2O. The van der Waals surface area contributed by atoms with Gasteiger partial charge in [0, 0.05) is 19.4 Å². The van der Waals surface area contributed by atoms with Gasteiger partial charge in [-0.1, -0.05) is 26.7 Å². The van der Waals surface area contributed by atoms with Crippen LogP contribution >= 0.6 is 0 Å². The first-order valence-electron chi connectivity index (χ1n) is 6.63. The van der Waals surface area contributed by atoms with Crippen molar-refractivity contribution >= 4 is 5.71 Å².